The van der Waals surface area contributed by atoms with Gasteiger partial charge in [0, 0.05) is 5.56 Å². The number of aromatic hydroxyl groups is 1. The molecule has 0 bridgehead atoms. The Morgan fingerprint density at radius 1 is 1.19 bits per heavy atom. The summed E-state index contributed by atoms with van der Waals surface area (Å²) in [4.78, 5) is 11.9. The van der Waals surface area contributed by atoms with E-state index < -0.39 is 5.91 Å². The molecule has 0 saturated carbocycles. The van der Waals surface area contributed by atoms with Crippen LogP contribution < -0.4 is 5.43 Å². The number of amides is 1. The molecule has 108 valence electrons. The average Bonchev–Trinajstić information content (AvgIpc) is 2.46. The van der Waals surface area contributed by atoms with Crippen molar-refractivity contribution >= 4 is 12.1 Å². The van der Waals surface area contributed by atoms with Crippen molar-refractivity contribution in [3.63, 3.8) is 0 Å². The van der Waals surface area contributed by atoms with Crippen LogP contribution in [0.2, 0.25) is 0 Å². The molecule has 0 aromatic heterocycles. The Balaban J connectivity index is 2.82. The molecule has 0 radical (unpaired) electrons. The molecule has 0 heterocycles. The van der Waals surface area contributed by atoms with E-state index in [-0.39, 0.29) is 17.1 Å². The lowest BCUT2D eigenvalue weighted by atomic mass is 10.2. The molecule has 0 fully saturated rings. The first-order chi connectivity index (χ1) is 10.1. The summed E-state index contributed by atoms with van der Waals surface area (Å²) in [5, 5.41) is 23.0. The minimum Gasteiger partial charge on any atom is -0.507 e. The van der Waals surface area contributed by atoms with Gasteiger partial charge in [-0.3, -0.25) is 4.79 Å². The maximum Gasteiger partial charge on any atom is 0.275 e. The number of carbonyl (C=O) groups is 1. The molecule has 0 aliphatic heterocycles. The van der Waals surface area contributed by atoms with Gasteiger partial charge >= 0.3 is 0 Å². The Kier molecular flexibility index (Phi) is 6.21. The van der Waals surface area contributed by atoms with Crippen molar-refractivity contribution in [2.75, 3.05) is 0 Å². The van der Waals surface area contributed by atoms with Gasteiger partial charge in [0.25, 0.3) is 5.91 Å². The Morgan fingerprint density at radius 2 is 1.86 bits per heavy atom. The quantitative estimate of drug-likeness (QED) is 0.247. The first kappa shape index (κ1) is 16.0. The van der Waals surface area contributed by atoms with E-state index in [9.17, 15) is 15.0 Å². The monoisotopic (exact) mass is 284 g/mol. The molecule has 5 heteroatoms. The standard InChI is InChI=1S/C16H16N2O3/c1-3-7-13(15(20)8-4-2)16(21)18-17-11-12-9-5-6-10-14(12)19/h3-11,19-20H,1-2H2,(H,18,21)/b13-7+,15-8+,17-11+. The number of para-hydroxylation sites is 1. The van der Waals surface area contributed by atoms with Crippen molar-refractivity contribution < 1.29 is 15.0 Å². The summed E-state index contributed by atoms with van der Waals surface area (Å²) < 4.78 is 0. The lowest BCUT2D eigenvalue weighted by molar-refractivity contribution is -0.117. The van der Waals surface area contributed by atoms with Crippen LogP contribution in [0.4, 0.5) is 0 Å². The van der Waals surface area contributed by atoms with Crippen LogP contribution in [-0.2, 0) is 4.79 Å². The molecule has 21 heavy (non-hydrogen) atoms. The number of hydrogen-bond donors (Lipinski definition) is 3. The van der Waals surface area contributed by atoms with Crippen LogP contribution in [0.25, 0.3) is 0 Å². The van der Waals surface area contributed by atoms with Gasteiger partial charge in [-0.1, -0.05) is 37.4 Å². The van der Waals surface area contributed by atoms with Gasteiger partial charge in [-0.2, -0.15) is 5.10 Å². The molecule has 0 unspecified atom stereocenters. The fraction of sp³-hybridized carbons (Fsp3) is 0. The fourth-order valence-electron chi connectivity index (χ4n) is 1.41. The van der Waals surface area contributed by atoms with Crippen molar-refractivity contribution in [2.24, 2.45) is 5.10 Å². The zero-order valence-electron chi connectivity index (χ0n) is 11.4. The van der Waals surface area contributed by atoms with E-state index in [1.165, 1.54) is 36.6 Å². The number of phenols is 1. The zero-order chi connectivity index (χ0) is 15.7. The van der Waals surface area contributed by atoms with Gasteiger partial charge < -0.3 is 10.2 Å². The Labute approximate surface area is 122 Å². The van der Waals surface area contributed by atoms with Gasteiger partial charge in [-0.15, -0.1) is 0 Å². The molecule has 3 N–H and O–H groups in total. The number of aliphatic hydroxyl groups is 1. The lowest BCUT2D eigenvalue weighted by Gasteiger charge is -2.04. The molecular formula is C16H16N2O3. The summed E-state index contributed by atoms with van der Waals surface area (Å²) in [5.74, 6) is -0.816. The molecule has 1 rings (SSSR count). The maximum absolute atomic E-state index is 11.9. The molecule has 5 nitrogen and oxygen atoms in total. The third kappa shape index (κ3) is 4.83. The molecule has 1 aromatic rings. The van der Waals surface area contributed by atoms with E-state index in [0.29, 0.717) is 5.56 Å². The van der Waals surface area contributed by atoms with Gasteiger partial charge in [-0.05, 0) is 24.3 Å². The van der Waals surface area contributed by atoms with E-state index in [2.05, 4.69) is 23.7 Å². The second-order valence-electron chi connectivity index (χ2n) is 3.86. The van der Waals surface area contributed by atoms with Crippen LogP contribution in [0.3, 0.4) is 0 Å². The average molecular weight is 284 g/mol. The van der Waals surface area contributed by atoms with E-state index in [4.69, 9.17) is 0 Å². The van der Waals surface area contributed by atoms with E-state index in [1.54, 1.807) is 18.2 Å². The number of rotatable bonds is 6. The van der Waals surface area contributed by atoms with Crippen molar-refractivity contribution in [2.45, 2.75) is 0 Å². The summed E-state index contributed by atoms with van der Waals surface area (Å²) in [5.41, 5.74) is 2.71. The van der Waals surface area contributed by atoms with Crippen LogP contribution in [0.5, 0.6) is 5.75 Å². The van der Waals surface area contributed by atoms with Crippen LogP contribution >= 0.6 is 0 Å². The molecule has 1 aromatic carbocycles. The smallest absolute Gasteiger partial charge is 0.275 e. The SMILES string of the molecule is C=C/C=C(O)\C(=C/C=C)C(=O)N/N=C/c1ccccc1O. The number of allylic oxidation sites excluding steroid dienone is 4. The second kappa shape index (κ2) is 8.16. The highest BCUT2D eigenvalue weighted by molar-refractivity contribution is 5.98. The normalized spacial score (nSPS) is 12.2. The van der Waals surface area contributed by atoms with Crippen LogP contribution in [0.1, 0.15) is 5.56 Å². The number of carbonyl (C=O) groups excluding carboxylic acids is 1. The lowest BCUT2D eigenvalue weighted by Crippen LogP contribution is -2.20. The highest BCUT2D eigenvalue weighted by Crippen LogP contribution is 2.12. The van der Waals surface area contributed by atoms with Crippen LogP contribution in [0.15, 0.2) is 78.2 Å². The number of hydrogen-bond acceptors (Lipinski definition) is 4. The molecule has 0 aliphatic rings. The van der Waals surface area contributed by atoms with Gasteiger partial charge in [0.2, 0.25) is 0 Å². The molecule has 1 amide bonds. The highest BCUT2D eigenvalue weighted by atomic mass is 16.3. The van der Waals surface area contributed by atoms with Crippen molar-refractivity contribution in [3.8, 4) is 5.75 Å². The van der Waals surface area contributed by atoms with Crippen molar-refractivity contribution in [1.29, 1.82) is 0 Å². The Morgan fingerprint density at radius 3 is 2.48 bits per heavy atom. The van der Waals surface area contributed by atoms with E-state index >= 15 is 0 Å². The zero-order valence-corrected chi connectivity index (χ0v) is 11.4. The summed E-state index contributed by atoms with van der Waals surface area (Å²) in [7, 11) is 0. The summed E-state index contributed by atoms with van der Waals surface area (Å²) in [6.45, 7) is 6.91. The minimum atomic E-state index is -0.614. The van der Waals surface area contributed by atoms with E-state index in [1.807, 2.05) is 0 Å². The number of aliphatic hydroxyl groups excluding tert-OH is 1. The number of nitrogens with one attached hydrogen (secondary N) is 1. The molecule has 0 spiro atoms. The third-order valence-electron chi connectivity index (χ3n) is 2.39. The summed E-state index contributed by atoms with van der Waals surface area (Å²) >= 11 is 0. The number of nitrogens with zero attached hydrogens (tertiary/aromatic N) is 1. The Bertz CT molecular complexity index is 628. The van der Waals surface area contributed by atoms with Crippen LogP contribution in [0, 0.1) is 0 Å². The van der Waals surface area contributed by atoms with Gasteiger partial charge in [0.05, 0.1) is 11.8 Å². The van der Waals surface area contributed by atoms with Crippen LogP contribution in [-0.4, -0.2) is 22.3 Å². The number of phenolic OH excluding ortho intramolecular Hbond substituents is 1. The maximum atomic E-state index is 11.9. The van der Waals surface area contributed by atoms with Crippen molar-refractivity contribution in [3.05, 3.63) is 78.6 Å². The second-order valence-corrected chi connectivity index (χ2v) is 3.86. The van der Waals surface area contributed by atoms with Gasteiger partial charge in [0.1, 0.15) is 11.5 Å². The van der Waals surface area contributed by atoms with E-state index in [0.717, 1.165) is 0 Å². The molecular weight excluding hydrogens is 268 g/mol. The van der Waals surface area contributed by atoms with Gasteiger partial charge in [-0.25, -0.2) is 5.43 Å². The summed E-state index contributed by atoms with van der Waals surface area (Å²) in [6, 6.07) is 6.55. The molecule has 0 aliphatic carbocycles. The first-order valence-electron chi connectivity index (χ1n) is 6.06. The fourth-order valence-corrected chi connectivity index (χ4v) is 1.41. The minimum absolute atomic E-state index is 0.000617. The predicted molar refractivity (Wildman–Crippen MR) is 83.0 cm³/mol. The topological polar surface area (TPSA) is 81.9 Å². The predicted octanol–water partition coefficient (Wildman–Crippen LogP) is 2.58. The molecule has 0 atom stereocenters. The molecule has 0 saturated heterocycles. The third-order valence-corrected chi connectivity index (χ3v) is 2.39. The summed E-state index contributed by atoms with van der Waals surface area (Å²) in [6.07, 6.45) is 6.65. The van der Waals surface area contributed by atoms with Gasteiger partial charge in [0.15, 0.2) is 0 Å². The first-order valence-corrected chi connectivity index (χ1v) is 6.06. The van der Waals surface area contributed by atoms with Crippen molar-refractivity contribution in [1.82, 2.24) is 5.43 Å². The number of benzene rings is 1. The Hall–Kier alpha value is -3.08. The largest absolute Gasteiger partial charge is 0.507 e. The highest BCUT2D eigenvalue weighted by Gasteiger charge is 2.11. The number of hydrazone groups is 1.